The summed E-state index contributed by atoms with van der Waals surface area (Å²) in [7, 11) is 5.10. The molecule has 0 aromatic heterocycles. The molecule has 0 amide bonds. The summed E-state index contributed by atoms with van der Waals surface area (Å²) in [6, 6.07) is 12.1. The zero-order valence-electron chi connectivity index (χ0n) is 17.4. The standard InChI is InChI=1S/C23H30N2O4/c1-27-21-8-9-22(28-2)17-15-20(26)19(14-16(17)21)25-12-10-24(11-13-25)18-6-4-5-7-23(18)29-3/h4-9,19-20,26H,10-15H2,1-3H3/t19-,20-/m1/s1. The normalized spacial score (nSPS) is 22.1. The van der Waals surface area contributed by atoms with Gasteiger partial charge in [-0.15, -0.1) is 0 Å². The Morgan fingerprint density at radius 1 is 0.759 bits per heavy atom. The number of nitrogens with zero attached hydrogens (tertiary/aromatic N) is 2. The molecule has 0 unspecified atom stereocenters. The fourth-order valence-corrected chi connectivity index (χ4v) is 4.73. The molecule has 1 fully saturated rings. The van der Waals surface area contributed by atoms with Gasteiger partial charge in [-0.1, -0.05) is 12.1 Å². The van der Waals surface area contributed by atoms with Crippen LogP contribution in [0.15, 0.2) is 36.4 Å². The summed E-state index contributed by atoms with van der Waals surface area (Å²) in [6.07, 6.45) is 0.944. The van der Waals surface area contributed by atoms with Crippen molar-refractivity contribution in [3.05, 3.63) is 47.5 Å². The van der Waals surface area contributed by atoms with Crippen molar-refractivity contribution >= 4 is 5.69 Å². The predicted molar refractivity (Wildman–Crippen MR) is 114 cm³/mol. The van der Waals surface area contributed by atoms with Gasteiger partial charge < -0.3 is 24.2 Å². The van der Waals surface area contributed by atoms with E-state index in [0.29, 0.717) is 6.42 Å². The van der Waals surface area contributed by atoms with E-state index in [4.69, 9.17) is 14.2 Å². The number of aliphatic hydroxyl groups excluding tert-OH is 1. The molecule has 6 nitrogen and oxygen atoms in total. The number of piperazine rings is 1. The molecule has 1 heterocycles. The molecule has 0 spiro atoms. The molecule has 2 aliphatic rings. The Bertz CT molecular complexity index is 849. The second-order valence-electron chi connectivity index (χ2n) is 7.66. The van der Waals surface area contributed by atoms with Gasteiger partial charge in [0, 0.05) is 49.8 Å². The first-order chi connectivity index (χ1) is 14.2. The number of fused-ring (bicyclic) bond motifs is 1. The summed E-state index contributed by atoms with van der Waals surface area (Å²) < 4.78 is 16.7. The van der Waals surface area contributed by atoms with Crippen LogP contribution < -0.4 is 19.1 Å². The summed E-state index contributed by atoms with van der Waals surface area (Å²) in [5.74, 6) is 2.62. The smallest absolute Gasteiger partial charge is 0.142 e. The Kier molecular flexibility index (Phi) is 5.83. The molecule has 6 heteroatoms. The maximum absolute atomic E-state index is 10.9. The second-order valence-corrected chi connectivity index (χ2v) is 7.66. The molecule has 2 aromatic carbocycles. The average molecular weight is 399 g/mol. The number of benzene rings is 2. The molecule has 1 saturated heterocycles. The Balaban J connectivity index is 1.50. The van der Waals surface area contributed by atoms with E-state index in [1.54, 1.807) is 21.3 Å². The maximum atomic E-state index is 10.9. The lowest BCUT2D eigenvalue weighted by molar-refractivity contribution is 0.0384. The lowest BCUT2D eigenvalue weighted by Gasteiger charge is -2.44. The third-order valence-corrected chi connectivity index (χ3v) is 6.26. The number of hydrogen-bond donors (Lipinski definition) is 1. The van der Waals surface area contributed by atoms with E-state index in [1.165, 1.54) is 0 Å². The fourth-order valence-electron chi connectivity index (χ4n) is 4.73. The molecule has 1 aliphatic heterocycles. The van der Waals surface area contributed by atoms with Crippen LogP contribution in [0.5, 0.6) is 17.2 Å². The van der Waals surface area contributed by atoms with E-state index in [9.17, 15) is 5.11 Å². The number of anilines is 1. The summed E-state index contributed by atoms with van der Waals surface area (Å²) in [4.78, 5) is 4.78. The molecule has 0 radical (unpaired) electrons. The maximum Gasteiger partial charge on any atom is 0.142 e. The first-order valence-corrected chi connectivity index (χ1v) is 10.2. The summed E-state index contributed by atoms with van der Waals surface area (Å²) in [5, 5.41) is 10.9. The Morgan fingerprint density at radius 3 is 1.97 bits per heavy atom. The van der Waals surface area contributed by atoms with Crippen molar-refractivity contribution in [1.82, 2.24) is 4.90 Å². The largest absolute Gasteiger partial charge is 0.496 e. The number of methoxy groups -OCH3 is 3. The average Bonchev–Trinajstić information content (AvgIpc) is 2.78. The molecule has 4 rings (SSSR count). The molecular weight excluding hydrogens is 368 g/mol. The van der Waals surface area contributed by atoms with Crippen LogP contribution in [0.3, 0.4) is 0 Å². The minimum Gasteiger partial charge on any atom is -0.496 e. The molecule has 0 saturated carbocycles. The van der Waals surface area contributed by atoms with Crippen molar-refractivity contribution in [3.63, 3.8) is 0 Å². The van der Waals surface area contributed by atoms with Crippen molar-refractivity contribution in [3.8, 4) is 17.2 Å². The van der Waals surface area contributed by atoms with Crippen molar-refractivity contribution in [2.75, 3.05) is 52.4 Å². The Hall–Kier alpha value is -2.44. The molecule has 0 bridgehead atoms. The monoisotopic (exact) mass is 398 g/mol. The van der Waals surface area contributed by atoms with E-state index >= 15 is 0 Å². The van der Waals surface area contributed by atoms with Gasteiger partial charge in [0.05, 0.1) is 33.1 Å². The van der Waals surface area contributed by atoms with Gasteiger partial charge in [0.15, 0.2) is 0 Å². The molecule has 2 atom stereocenters. The van der Waals surface area contributed by atoms with E-state index in [-0.39, 0.29) is 6.04 Å². The van der Waals surface area contributed by atoms with Gasteiger partial charge in [-0.3, -0.25) is 4.90 Å². The fraction of sp³-hybridized carbons (Fsp3) is 0.478. The van der Waals surface area contributed by atoms with Crippen LogP contribution in [0.25, 0.3) is 0 Å². The number of hydrogen-bond acceptors (Lipinski definition) is 6. The van der Waals surface area contributed by atoms with Crippen LogP contribution in [-0.4, -0.2) is 69.7 Å². The van der Waals surface area contributed by atoms with Gasteiger partial charge in [0.25, 0.3) is 0 Å². The quantitative estimate of drug-likeness (QED) is 0.835. The van der Waals surface area contributed by atoms with Crippen molar-refractivity contribution in [1.29, 1.82) is 0 Å². The minimum atomic E-state index is -0.415. The van der Waals surface area contributed by atoms with E-state index in [2.05, 4.69) is 15.9 Å². The van der Waals surface area contributed by atoms with Crippen LogP contribution >= 0.6 is 0 Å². The highest BCUT2D eigenvalue weighted by atomic mass is 16.5. The van der Waals surface area contributed by atoms with Crippen molar-refractivity contribution < 1.29 is 19.3 Å². The summed E-state index contributed by atoms with van der Waals surface area (Å²) in [5.41, 5.74) is 3.37. The van der Waals surface area contributed by atoms with Crippen molar-refractivity contribution in [2.24, 2.45) is 0 Å². The van der Waals surface area contributed by atoms with Crippen LogP contribution in [-0.2, 0) is 12.8 Å². The molecule has 2 aromatic rings. The number of para-hydroxylation sites is 2. The van der Waals surface area contributed by atoms with E-state index in [1.807, 2.05) is 30.3 Å². The third-order valence-electron chi connectivity index (χ3n) is 6.26. The Morgan fingerprint density at radius 2 is 1.34 bits per heavy atom. The zero-order chi connectivity index (χ0) is 20.4. The van der Waals surface area contributed by atoms with Gasteiger partial charge >= 0.3 is 0 Å². The molecule has 1 N–H and O–H groups in total. The van der Waals surface area contributed by atoms with Crippen molar-refractivity contribution in [2.45, 2.75) is 25.0 Å². The van der Waals surface area contributed by atoms with E-state index in [0.717, 1.165) is 66.7 Å². The lowest BCUT2D eigenvalue weighted by Crippen LogP contribution is -2.56. The van der Waals surface area contributed by atoms with Gasteiger partial charge in [-0.25, -0.2) is 0 Å². The number of rotatable bonds is 5. The molecule has 1 aliphatic carbocycles. The number of ether oxygens (including phenoxy) is 3. The molecule has 29 heavy (non-hydrogen) atoms. The SMILES string of the molecule is COc1ccccc1N1CCN([C@@H]2Cc3c(OC)ccc(OC)c3C[C@H]2O)CC1. The summed E-state index contributed by atoms with van der Waals surface area (Å²) in [6.45, 7) is 3.63. The van der Waals surface area contributed by atoms with Gasteiger partial charge in [0.2, 0.25) is 0 Å². The first kappa shape index (κ1) is 19.9. The highest BCUT2D eigenvalue weighted by Gasteiger charge is 2.36. The second kappa shape index (κ2) is 8.51. The third kappa shape index (κ3) is 3.74. The predicted octanol–water partition coefficient (Wildman–Crippen LogP) is 2.36. The van der Waals surface area contributed by atoms with Crippen LogP contribution in [0.2, 0.25) is 0 Å². The van der Waals surface area contributed by atoms with Crippen LogP contribution in [0.4, 0.5) is 5.69 Å². The van der Waals surface area contributed by atoms with Gasteiger partial charge in [-0.2, -0.15) is 0 Å². The highest BCUT2D eigenvalue weighted by molar-refractivity contribution is 5.58. The first-order valence-electron chi connectivity index (χ1n) is 10.2. The zero-order valence-corrected chi connectivity index (χ0v) is 17.4. The molecule has 156 valence electrons. The van der Waals surface area contributed by atoms with Crippen LogP contribution in [0.1, 0.15) is 11.1 Å². The van der Waals surface area contributed by atoms with E-state index < -0.39 is 6.10 Å². The molecular formula is C23H30N2O4. The van der Waals surface area contributed by atoms with Gasteiger partial charge in [0.1, 0.15) is 17.2 Å². The van der Waals surface area contributed by atoms with Crippen LogP contribution in [0, 0.1) is 0 Å². The lowest BCUT2D eigenvalue weighted by atomic mass is 9.84. The number of aliphatic hydroxyl groups is 1. The Labute approximate surface area is 172 Å². The minimum absolute atomic E-state index is 0.0864. The highest BCUT2D eigenvalue weighted by Crippen LogP contribution is 2.38. The van der Waals surface area contributed by atoms with Gasteiger partial charge in [-0.05, 0) is 30.7 Å². The topological polar surface area (TPSA) is 54.4 Å². The summed E-state index contributed by atoms with van der Waals surface area (Å²) >= 11 is 0.